The Morgan fingerprint density at radius 2 is 1.96 bits per heavy atom. The summed E-state index contributed by atoms with van der Waals surface area (Å²) in [6.07, 6.45) is 2.64. The third-order valence-electron chi connectivity index (χ3n) is 5.15. The van der Waals surface area contributed by atoms with E-state index in [4.69, 9.17) is 5.26 Å². The van der Waals surface area contributed by atoms with Crippen molar-refractivity contribution in [3.63, 3.8) is 0 Å². The Kier molecular flexibility index (Phi) is 3.50. The molecular weight excluding hydrogens is 316 g/mol. The lowest BCUT2D eigenvalue weighted by atomic mass is 9.73. The number of pyridine rings is 1. The van der Waals surface area contributed by atoms with Crippen molar-refractivity contribution in [2.24, 2.45) is 0 Å². The Bertz CT molecular complexity index is 890. The number of hydrogen-bond acceptors (Lipinski definition) is 4. The molecule has 1 aromatic carbocycles. The molecule has 1 aromatic heterocycles. The summed E-state index contributed by atoms with van der Waals surface area (Å²) in [7, 11) is 0. The number of hydrogen-bond donors (Lipinski definition) is 1. The van der Waals surface area contributed by atoms with Crippen LogP contribution in [0.4, 0.5) is 5.69 Å². The van der Waals surface area contributed by atoms with Crippen LogP contribution in [0, 0.1) is 11.3 Å². The number of benzene rings is 1. The third kappa shape index (κ3) is 2.36. The van der Waals surface area contributed by atoms with Gasteiger partial charge < -0.3 is 10.2 Å². The zero-order valence-corrected chi connectivity index (χ0v) is 13.5. The Morgan fingerprint density at radius 1 is 1.20 bits per heavy atom. The molecule has 6 heteroatoms. The van der Waals surface area contributed by atoms with Gasteiger partial charge in [0.15, 0.2) is 0 Å². The van der Waals surface area contributed by atoms with Crippen molar-refractivity contribution in [1.29, 1.82) is 5.26 Å². The Hall–Kier alpha value is -3.20. The van der Waals surface area contributed by atoms with Gasteiger partial charge in [0.2, 0.25) is 5.91 Å². The third-order valence-corrected chi connectivity index (χ3v) is 5.15. The number of nitrogens with one attached hydrogen (secondary N) is 1. The molecule has 0 atom stereocenters. The van der Waals surface area contributed by atoms with Crippen molar-refractivity contribution >= 4 is 17.5 Å². The van der Waals surface area contributed by atoms with Gasteiger partial charge >= 0.3 is 0 Å². The van der Waals surface area contributed by atoms with Crippen LogP contribution in [-0.4, -0.2) is 34.8 Å². The Morgan fingerprint density at radius 3 is 2.64 bits per heavy atom. The van der Waals surface area contributed by atoms with Gasteiger partial charge in [-0.1, -0.05) is 18.2 Å². The SMILES string of the molecule is N#Cc1ccc(C(=O)N2CCC3(CC2)C(=O)Nc2ccccc23)cn1. The lowest BCUT2D eigenvalue weighted by molar-refractivity contribution is -0.122. The maximum atomic E-state index is 12.6. The van der Waals surface area contributed by atoms with Crippen LogP contribution in [0.1, 0.15) is 34.5 Å². The van der Waals surface area contributed by atoms with Crippen molar-refractivity contribution < 1.29 is 9.59 Å². The van der Waals surface area contributed by atoms with Crippen LogP contribution < -0.4 is 5.32 Å². The molecule has 4 rings (SSSR count). The highest BCUT2D eigenvalue weighted by molar-refractivity contribution is 6.06. The van der Waals surface area contributed by atoms with Crippen LogP contribution in [0.15, 0.2) is 42.6 Å². The van der Waals surface area contributed by atoms with Gasteiger partial charge in [0, 0.05) is 25.0 Å². The minimum atomic E-state index is -0.531. The number of carbonyl (C=O) groups is 2. The van der Waals surface area contributed by atoms with Gasteiger partial charge in [-0.2, -0.15) is 5.26 Å². The average Bonchev–Trinajstić information content (AvgIpc) is 2.94. The van der Waals surface area contributed by atoms with Crippen LogP contribution in [-0.2, 0) is 10.2 Å². The summed E-state index contributed by atoms with van der Waals surface area (Å²) in [6, 6.07) is 12.9. The first-order chi connectivity index (χ1) is 12.1. The normalized spacial score (nSPS) is 17.7. The highest BCUT2D eigenvalue weighted by Gasteiger charge is 2.48. The highest BCUT2D eigenvalue weighted by atomic mass is 16.2. The maximum absolute atomic E-state index is 12.6. The van der Waals surface area contributed by atoms with Gasteiger partial charge in [0.25, 0.3) is 5.91 Å². The molecule has 1 spiro atoms. The lowest BCUT2D eigenvalue weighted by Crippen LogP contribution is -2.48. The Balaban J connectivity index is 1.53. The number of amides is 2. The second kappa shape index (κ2) is 5.71. The number of rotatable bonds is 1. The van der Waals surface area contributed by atoms with Gasteiger partial charge in [0.05, 0.1) is 11.0 Å². The number of nitriles is 1. The summed E-state index contributed by atoms with van der Waals surface area (Å²) in [5.41, 5.74) is 2.13. The molecule has 1 N–H and O–H groups in total. The zero-order valence-electron chi connectivity index (χ0n) is 13.5. The molecule has 0 unspecified atom stereocenters. The van der Waals surface area contributed by atoms with Crippen molar-refractivity contribution in [3.8, 4) is 6.07 Å². The van der Waals surface area contributed by atoms with E-state index in [1.54, 1.807) is 17.0 Å². The van der Waals surface area contributed by atoms with Gasteiger partial charge in [0.1, 0.15) is 11.8 Å². The first kappa shape index (κ1) is 15.3. The number of aromatic nitrogens is 1. The summed E-state index contributed by atoms with van der Waals surface area (Å²) in [5, 5.41) is 11.8. The molecule has 2 aromatic rings. The standard InChI is InChI=1S/C19H16N4O2/c20-11-14-6-5-13(12-21-14)17(24)23-9-7-19(8-10-23)15-3-1-2-4-16(15)22-18(19)25/h1-6,12H,7-10H2,(H,22,25). The summed E-state index contributed by atoms with van der Waals surface area (Å²) >= 11 is 0. The monoisotopic (exact) mass is 332 g/mol. The van der Waals surface area contributed by atoms with Crippen LogP contribution in [0.25, 0.3) is 0 Å². The molecule has 1 fully saturated rings. The van der Waals surface area contributed by atoms with E-state index in [2.05, 4.69) is 10.3 Å². The number of anilines is 1. The van der Waals surface area contributed by atoms with E-state index in [1.165, 1.54) is 6.20 Å². The zero-order chi connectivity index (χ0) is 17.4. The summed E-state index contributed by atoms with van der Waals surface area (Å²) < 4.78 is 0. The molecule has 0 bridgehead atoms. The first-order valence-electron chi connectivity index (χ1n) is 8.20. The van der Waals surface area contributed by atoms with Crippen molar-refractivity contribution in [2.75, 3.05) is 18.4 Å². The van der Waals surface area contributed by atoms with E-state index in [1.807, 2.05) is 30.3 Å². The Labute approximate surface area is 145 Å². The molecule has 2 aliphatic rings. The molecule has 2 aliphatic heterocycles. The second-order valence-electron chi connectivity index (χ2n) is 6.42. The van der Waals surface area contributed by atoms with Gasteiger partial charge in [-0.05, 0) is 36.6 Å². The number of piperidine rings is 1. The molecule has 0 saturated carbocycles. The first-order valence-corrected chi connectivity index (χ1v) is 8.20. The summed E-state index contributed by atoms with van der Waals surface area (Å²) in [6.45, 7) is 1.03. The molecule has 0 aliphatic carbocycles. The fourth-order valence-corrected chi connectivity index (χ4v) is 3.73. The number of likely N-dealkylation sites (tertiary alicyclic amines) is 1. The minimum Gasteiger partial charge on any atom is -0.339 e. The van der Waals surface area contributed by atoms with E-state index >= 15 is 0 Å². The van der Waals surface area contributed by atoms with Gasteiger partial charge in [-0.25, -0.2) is 4.98 Å². The molecule has 124 valence electrons. The largest absolute Gasteiger partial charge is 0.339 e. The fraction of sp³-hybridized carbons (Fsp3) is 0.263. The van der Waals surface area contributed by atoms with Crippen LogP contribution >= 0.6 is 0 Å². The van der Waals surface area contributed by atoms with Crippen molar-refractivity contribution in [2.45, 2.75) is 18.3 Å². The molecule has 2 amide bonds. The molecular formula is C19H16N4O2. The smallest absolute Gasteiger partial charge is 0.255 e. The predicted octanol–water partition coefficient (Wildman–Crippen LogP) is 2.08. The predicted molar refractivity (Wildman–Crippen MR) is 90.8 cm³/mol. The average molecular weight is 332 g/mol. The summed E-state index contributed by atoms with van der Waals surface area (Å²) in [4.78, 5) is 30.9. The highest BCUT2D eigenvalue weighted by Crippen LogP contribution is 2.44. The molecule has 25 heavy (non-hydrogen) atoms. The molecule has 6 nitrogen and oxygen atoms in total. The van der Waals surface area contributed by atoms with Crippen molar-refractivity contribution in [3.05, 3.63) is 59.4 Å². The van der Waals surface area contributed by atoms with Crippen molar-refractivity contribution in [1.82, 2.24) is 9.88 Å². The number of fused-ring (bicyclic) bond motifs is 2. The number of para-hydroxylation sites is 1. The lowest BCUT2D eigenvalue weighted by Gasteiger charge is -2.38. The van der Waals surface area contributed by atoms with E-state index in [0.29, 0.717) is 31.5 Å². The van der Waals surface area contributed by atoms with Crippen LogP contribution in [0.3, 0.4) is 0 Å². The quantitative estimate of drug-likeness (QED) is 0.866. The van der Waals surface area contributed by atoms with Gasteiger partial charge in [-0.3, -0.25) is 9.59 Å². The van der Waals surface area contributed by atoms with Crippen LogP contribution in [0.5, 0.6) is 0 Å². The fourth-order valence-electron chi connectivity index (χ4n) is 3.73. The van der Waals surface area contributed by atoms with Crippen LogP contribution in [0.2, 0.25) is 0 Å². The molecule has 1 saturated heterocycles. The second-order valence-corrected chi connectivity index (χ2v) is 6.42. The molecule has 3 heterocycles. The van der Waals surface area contributed by atoms with E-state index in [0.717, 1.165) is 11.3 Å². The summed E-state index contributed by atoms with van der Waals surface area (Å²) in [5.74, 6) is -0.0839. The van der Waals surface area contributed by atoms with E-state index in [-0.39, 0.29) is 17.5 Å². The van der Waals surface area contributed by atoms with E-state index < -0.39 is 5.41 Å². The number of nitrogens with zero attached hydrogens (tertiary/aromatic N) is 3. The van der Waals surface area contributed by atoms with Gasteiger partial charge in [-0.15, -0.1) is 0 Å². The maximum Gasteiger partial charge on any atom is 0.255 e. The van der Waals surface area contributed by atoms with E-state index in [9.17, 15) is 9.59 Å². The topological polar surface area (TPSA) is 86.1 Å². The number of carbonyl (C=O) groups excluding carboxylic acids is 2. The molecule has 0 radical (unpaired) electrons. The minimum absolute atomic E-state index is 0.0286.